The number of rotatable bonds is 6. The molecule has 5 heterocycles. The van der Waals surface area contributed by atoms with Crippen molar-refractivity contribution in [3.63, 3.8) is 0 Å². The van der Waals surface area contributed by atoms with E-state index >= 15 is 0 Å². The van der Waals surface area contributed by atoms with Gasteiger partial charge in [-0.3, -0.25) is 9.97 Å². The topological polar surface area (TPSA) is 215 Å². The average molecular weight is 877 g/mol. The molecule has 0 radical (unpaired) electrons. The number of nitrogens with zero attached hydrogens (tertiary/aromatic N) is 4. The van der Waals surface area contributed by atoms with Crippen LogP contribution in [0.3, 0.4) is 0 Å². The molecule has 6 fully saturated rings. The first-order valence-corrected chi connectivity index (χ1v) is 23.6. The number of benzene rings is 2. The molecule has 61 heavy (non-hydrogen) atoms. The number of ether oxygens (including phenoxy) is 2. The summed E-state index contributed by atoms with van der Waals surface area (Å²) in [5, 5.41) is 12.1. The molecule has 2 aromatic carbocycles. The van der Waals surface area contributed by atoms with Crippen LogP contribution in [0.1, 0.15) is 60.8 Å². The van der Waals surface area contributed by atoms with Gasteiger partial charge in [0.15, 0.2) is 0 Å². The summed E-state index contributed by atoms with van der Waals surface area (Å²) in [6.07, 6.45) is 8.57. The van der Waals surface area contributed by atoms with Gasteiger partial charge in [0.25, 0.3) is 0 Å². The smallest absolute Gasteiger partial charge is 0.408 e. The number of nitrogens with two attached hydrogens (primary N) is 1. The Hall–Kier alpha value is -4.46. The minimum atomic E-state index is -3.66. The lowest BCUT2D eigenvalue weighted by Crippen LogP contribution is -2.45. The Morgan fingerprint density at radius 2 is 1.20 bits per heavy atom. The molecule has 18 heteroatoms. The molecule has 2 aromatic heterocycles. The third-order valence-electron chi connectivity index (χ3n) is 12.4. The van der Waals surface area contributed by atoms with Crippen LogP contribution in [0.25, 0.3) is 21.5 Å². The van der Waals surface area contributed by atoms with Crippen LogP contribution in [0.2, 0.25) is 0 Å². The zero-order chi connectivity index (χ0) is 43.8. The van der Waals surface area contributed by atoms with E-state index in [-0.39, 0.29) is 34.5 Å². The van der Waals surface area contributed by atoms with E-state index in [1.807, 2.05) is 32.9 Å². The number of alkyl carbamates (subject to hydrolysis) is 2. The van der Waals surface area contributed by atoms with Gasteiger partial charge in [-0.05, 0) is 103 Å². The van der Waals surface area contributed by atoms with Crippen molar-refractivity contribution in [1.82, 2.24) is 34.5 Å². The Labute approximate surface area is 357 Å². The largest absolute Gasteiger partial charge is 0.444 e. The second-order valence-corrected chi connectivity index (χ2v) is 23.2. The standard InChI is InChI=1S/C19H23N3O4S.C14H15N3O2S.C10H18N2O2/c1-18(2,3)26-17(23)21-19-9-14(19)11-22(12-19)27(24,25)16-6-4-5-13-10-20-8-7-15(13)16;15-14-6-11(14)8-17(9-14)20(18,19)13-3-1-2-10-7-16-5-4-12(10)13;1-9(2,3)14-8(13)12-10-4-7(10)5-11-6-10/h4-8,10,14H,9,11-12H2,1-3H3,(H,21,23);1-5,7,11H,6,8-9,15H2;7,11H,4-6H2,1-3H3,(H,12,13). The van der Waals surface area contributed by atoms with E-state index in [4.69, 9.17) is 15.2 Å². The Balaban J connectivity index is 0.000000133. The Morgan fingerprint density at radius 3 is 1.66 bits per heavy atom. The minimum Gasteiger partial charge on any atom is -0.444 e. The molecule has 6 unspecified atom stereocenters. The number of pyridine rings is 2. The Kier molecular flexibility index (Phi) is 10.7. The van der Waals surface area contributed by atoms with Crippen molar-refractivity contribution in [3.8, 4) is 0 Å². The number of fused-ring (bicyclic) bond motifs is 5. The Bertz CT molecular complexity index is 2590. The fourth-order valence-corrected chi connectivity index (χ4v) is 12.5. The van der Waals surface area contributed by atoms with Crippen molar-refractivity contribution in [2.45, 2.75) is 98.4 Å². The zero-order valence-corrected chi connectivity index (χ0v) is 37.1. The molecule has 3 aliphatic heterocycles. The number of nitrogens with one attached hydrogen (secondary N) is 3. The molecule has 3 saturated carbocycles. The number of carbonyl (C=O) groups excluding carboxylic acids is 2. The molecule has 10 rings (SSSR count). The number of carbonyl (C=O) groups is 2. The maximum atomic E-state index is 13.2. The molecule has 3 saturated heterocycles. The van der Waals surface area contributed by atoms with Crippen molar-refractivity contribution in [1.29, 1.82) is 0 Å². The predicted molar refractivity (Wildman–Crippen MR) is 229 cm³/mol. The summed E-state index contributed by atoms with van der Waals surface area (Å²) >= 11 is 0. The summed E-state index contributed by atoms with van der Waals surface area (Å²) in [6, 6.07) is 13.9. The van der Waals surface area contributed by atoms with Gasteiger partial charge in [0.1, 0.15) is 11.2 Å². The highest BCUT2D eigenvalue weighted by Crippen LogP contribution is 2.51. The normalized spacial score (nSPS) is 28.9. The first-order valence-electron chi connectivity index (χ1n) is 20.7. The van der Waals surface area contributed by atoms with Gasteiger partial charge in [-0.25, -0.2) is 26.4 Å². The van der Waals surface area contributed by atoms with Gasteiger partial charge >= 0.3 is 12.2 Å². The summed E-state index contributed by atoms with van der Waals surface area (Å²) in [5.41, 5.74) is 4.34. The molecule has 6 aliphatic rings. The quantitative estimate of drug-likeness (QED) is 0.213. The van der Waals surface area contributed by atoms with Gasteiger partial charge < -0.3 is 31.2 Å². The van der Waals surface area contributed by atoms with Gasteiger partial charge in [0.05, 0.1) is 20.9 Å². The maximum Gasteiger partial charge on any atom is 0.408 e. The van der Waals surface area contributed by atoms with Crippen molar-refractivity contribution in [3.05, 3.63) is 73.3 Å². The van der Waals surface area contributed by atoms with E-state index in [2.05, 4.69) is 25.9 Å². The summed E-state index contributed by atoms with van der Waals surface area (Å²) < 4.78 is 65.6. The molecule has 5 N–H and O–H groups in total. The summed E-state index contributed by atoms with van der Waals surface area (Å²) in [6.45, 7) is 14.6. The van der Waals surface area contributed by atoms with Gasteiger partial charge in [-0.1, -0.05) is 24.3 Å². The number of hydrogen-bond donors (Lipinski definition) is 4. The van der Waals surface area contributed by atoms with Crippen LogP contribution >= 0.6 is 0 Å². The second-order valence-electron chi connectivity index (χ2n) is 19.4. The lowest BCUT2D eigenvalue weighted by Gasteiger charge is -2.24. The number of hydrogen-bond acceptors (Lipinski definition) is 12. The summed E-state index contributed by atoms with van der Waals surface area (Å²) in [4.78, 5) is 32.3. The summed E-state index contributed by atoms with van der Waals surface area (Å²) in [7, 11) is -7.14. The molecule has 2 amide bonds. The Morgan fingerprint density at radius 1 is 0.705 bits per heavy atom. The van der Waals surface area contributed by atoms with Gasteiger partial charge in [0.2, 0.25) is 20.0 Å². The third-order valence-corrected chi connectivity index (χ3v) is 16.1. The van der Waals surface area contributed by atoms with Crippen molar-refractivity contribution in [2.24, 2.45) is 23.5 Å². The van der Waals surface area contributed by atoms with Crippen LogP contribution in [0.4, 0.5) is 9.59 Å². The van der Waals surface area contributed by atoms with Gasteiger partial charge in [0, 0.05) is 91.1 Å². The molecule has 328 valence electrons. The highest BCUT2D eigenvalue weighted by molar-refractivity contribution is 7.89. The van der Waals surface area contributed by atoms with E-state index in [0.29, 0.717) is 47.1 Å². The fourth-order valence-electron chi connectivity index (χ4n) is 8.94. The molecule has 0 bridgehead atoms. The van der Waals surface area contributed by atoms with E-state index in [9.17, 15) is 26.4 Å². The van der Waals surface area contributed by atoms with Gasteiger partial charge in [-0.2, -0.15) is 8.61 Å². The number of aromatic nitrogens is 2. The van der Waals surface area contributed by atoms with Crippen molar-refractivity contribution >= 4 is 53.8 Å². The zero-order valence-electron chi connectivity index (χ0n) is 35.5. The fraction of sp³-hybridized carbons (Fsp3) is 0.535. The van der Waals surface area contributed by atoms with Crippen LogP contribution in [-0.4, -0.2) is 115 Å². The maximum absolute atomic E-state index is 13.2. The van der Waals surface area contributed by atoms with Crippen LogP contribution < -0.4 is 21.7 Å². The molecule has 0 spiro atoms. The monoisotopic (exact) mass is 876 g/mol. The molecule has 4 aromatic rings. The van der Waals surface area contributed by atoms with E-state index in [1.54, 1.807) is 82.0 Å². The number of amides is 2. The molecular weight excluding hydrogens is 821 g/mol. The second kappa shape index (κ2) is 15.1. The SMILES string of the molecule is CC(C)(C)OC(=O)NC12CC1CN(S(=O)(=O)c1cccc3cnccc13)C2.CC(C)(C)OC(=O)NC12CNCC1C2.NC12CC1CN(S(=O)(=O)c1cccc3cnccc13)C2. The van der Waals surface area contributed by atoms with Crippen LogP contribution in [-0.2, 0) is 29.5 Å². The molecule has 16 nitrogen and oxygen atoms in total. The van der Waals surface area contributed by atoms with Crippen molar-refractivity contribution < 1.29 is 35.9 Å². The first kappa shape index (κ1) is 43.2. The van der Waals surface area contributed by atoms with Crippen LogP contribution in [0.5, 0.6) is 0 Å². The van der Waals surface area contributed by atoms with Crippen LogP contribution in [0.15, 0.2) is 83.1 Å². The molecule has 3 aliphatic carbocycles. The predicted octanol–water partition coefficient (Wildman–Crippen LogP) is 4.35. The van der Waals surface area contributed by atoms with Gasteiger partial charge in [-0.15, -0.1) is 0 Å². The van der Waals surface area contributed by atoms with Crippen molar-refractivity contribution in [2.75, 3.05) is 39.3 Å². The highest BCUT2D eigenvalue weighted by Gasteiger charge is 2.64. The number of sulfonamides is 2. The highest BCUT2D eigenvalue weighted by atomic mass is 32.2. The minimum absolute atomic E-state index is 0.0162. The number of piperidine rings is 3. The molecular formula is C43H56N8O8S2. The van der Waals surface area contributed by atoms with E-state index < -0.39 is 42.9 Å². The molecule has 6 atom stereocenters. The lowest BCUT2D eigenvalue weighted by atomic mass is 10.2. The van der Waals surface area contributed by atoms with E-state index in [0.717, 1.165) is 43.1 Å². The first-order chi connectivity index (χ1) is 28.5. The lowest BCUT2D eigenvalue weighted by molar-refractivity contribution is 0.0484. The van der Waals surface area contributed by atoms with Crippen LogP contribution in [0, 0.1) is 17.8 Å². The average Bonchev–Trinajstić information content (AvgIpc) is 4.05. The third kappa shape index (κ3) is 8.93. The summed E-state index contributed by atoms with van der Waals surface area (Å²) in [5.74, 6) is 1.07. The van der Waals surface area contributed by atoms with E-state index in [1.165, 1.54) is 8.61 Å².